The summed E-state index contributed by atoms with van der Waals surface area (Å²) >= 11 is 12.1. The average Bonchev–Trinajstić information content (AvgIpc) is 2.38. The normalized spacial score (nSPS) is 19.5. The molecule has 122 valence electrons. The van der Waals surface area contributed by atoms with Crippen molar-refractivity contribution in [3.05, 3.63) is 0 Å². The zero-order chi connectivity index (χ0) is 15.6. The highest BCUT2D eigenvalue weighted by Crippen LogP contribution is 2.30. The molecule has 0 aliphatic carbocycles. The van der Waals surface area contributed by atoms with Crippen LogP contribution in [0.1, 0.15) is 34.1 Å². The molecule has 0 amide bonds. The molecule has 0 aromatic carbocycles. The van der Waals surface area contributed by atoms with E-state index in [1.165, 1.54) is 0 Å². The van der Waals surface area contributed by atoms with Gasteiger partial charge in [0.1, 0.15) is 5.38 Å². The van der Waals surface area contributed by atoms with Crippen molar-refractivity contribution in [2.24, 2.45) is 0 Å². The van der Waals surface area contributed by atoms with Crippen molar-refractivity contribution < 1.29 is 23.4 Å². The van der Waals surface area contributed by atoms with Gasteiger partial charge >= 0.3 is 0 Å². The van der Waals surface area contributed by atoms with E-state index in [1.807, 2.05) is 13.8 Å². The fraction of sp³-hybridized carbons (Fsp3) is 1.00. The molecule has 8 heteroatoms. The molecule has 3 atom stereocenters. The lowest BCUT2D eigenvalue weighted by Gasteiger charge is -2.39. The van der Waals surface area contributed by atoms with Crippen LogP contribution in [0.15, 0.2) is 0 Å². The van der Waals surface area contributed by atoms with Crippen molar-refractivity contribution in [1.82, 2.24) is 0 Å². The lowest BCUT2D eigenvalue weighted by molar-refractivity contribution is -0.418. The quantitative estimate of drug-likeness (QED) is 0.306. The summed E-state index contributed by atoms with van der Waals surface area (Å²) in [7, 11) is 0.382. The van der Waals surface area contributed by atoms with Crippen LogP contribution in [-0.2, 0) is 23.4 Å². The number of hydrogen-bond acceptors (Lipinski definition) is 5. The fourth-order valence-electron chi connectivity index (χ4n) is 1.67. The molecular weight excluding hydrogens is 323 g/mol. The molecule has 0 bridgehead atoms. The molecule has 0 saturated heterocycles. The molecule has 0 radical (unpaired) electrons. The first-order valence-corrected chi connectivity index (χ1v) is 8.58. The van der Waals surface area contributed by atoms with Crippen LogP contribution in [0.3, 0.4) is 0 Å². The van der Waals surface area contributed by atoms with Crippen LogP contribution in [0.25, 0.3) is 0 Å². The lowest BCUT2D eigenvalue weighted by atomic mass is 10.3. The minimum Gasteiger partial charge on any atom is -0.379 e. The van der Waals surface area contributed by atoms with Gasteiger partial charge in [0.2, 0.25) is 0 Å². The molecule has 0 aromatic rings. The molecule has 0 fully saturated rings. The van der Waals surface area contributed by atoms with Crippen LogP contribution in [-0.4, -0.2) is 53.5 Å². The van der Waals surface area contributed by atoms with E-state index in [0.29, 0.717) is 36.0 Å². The third kappa shape index (κ3) is 7.04. The molecular formula is C12H26Cl2O5Si. The summed E-state index contributed by atoms with van der Waals surface area (Å²) in [6, 6.07) is 0. The van der Waals surface area contributed by atoms with Crippen molar-refractivity contribution in [3.63, 3.8) is 0 Å². The highest BCUT2D eigenvalue weighted by Gasteiger charge is 2.43. The molecule has 3 unspecified atom stereocenters. The predicted molar refractivity (Wildman–Crippen MR) is 83.1 cm³/mol. The Morgan fingerprint density at radius 1 is 1.05 bits per heavy atom. The highest BCUT2D eigenvalue weighted by molar-refractivity contribution is 6.22. The topological polar surface area (TPSA) is 46.2 Å². The van der Waals surface area contributed by atoms with Gasteiger partial charge in [0, 0.05) is 19.1 Å². The van der Waals surface area contributed by atoms with Gasteiger partial charge in [-0.05, 0) is 34.1 Å². The maximum absolute atomic E-state index is 6.34. The zero-order valence-electron chi connectivity index (χ0n) is 12.9. The third-order valence-electron chi connectivity index (χ3n) is 2.49. The molecule has 0 heterocycles. The molecule has 0 N–H and O–H groups in total. The Balaban J connectivity index is 4.95. The molecule has 0 saturated carbocycles. The largest absolute Gasteiger partial charge is 0.379 e. The number of halogens is 2. The first-order chi connectivity index (χ1) is 9.45. The Morgan fingerprint density at radius 2 is 1.50 bits per heavy atom. The van der Waals surface area contributed by atoms with E-state index in [9.17, 15) is 0 Å². The maximum atomic E-state index is 6.34. The van der Waals surface area contributed by atoms with E-state index in [2.05, 4.69) is 0 Å². The number of rotatable bonds is 12. The van der Waals surface area contributed by atoms with E-state index in [1.54, 1.807) is 13.8 Å². The summed E-state index contributed by atoms with van der Waals surface area (Å²) in [5.41, 5.74) is 0. The van der Waals surface area contributed by atoms with E-state index in [4.69, 9.17) is 46.6 Å². The van der Waals surface area contributed by atoms with Crippen molar-refractivity contribution in [2.45, 2.75) is 58.0 Å². The number of hydrogen-bond donors (Lipinski definition) is 0. The van der Waals surface area contributed by atoms with E-state index < -0.39 is 23.9 Å². The van der Waals surface area contributed by atoms with Crippen molar-refractivity contribution in [2.75, 3.05) is 19.1 Å². The van der Waals surface area contributed by atoms with Crippen molar-refractivity contribution in [3.8, 4) is 0 Å². The Bertz CT molecular complexity index is 234. The van der Waals surface area contributed by atoms with Gasteiger partial charge in [-0.3, -0.25) is 9.47 Å². The fourth-order valence-corrected chi connectivity index (χ4v) is 2.93. The molecule has 0 aliphatic heterocycles. The molecule has 5 nitrogen and oxygen atoms in total. The number of ether oxygens (including phenoxy) is 4. The van der Waals surface area contributed by atoms with Gasteiger partial charge < -0.3 is 13.9 Å². The predicted octanol–water partition coefficient (Wildman–Crippen LogP) is 1.97. The minimum atomic E-state index is -1.41. The van der Waals surface area contributed by atoms with E-state index >= 15 is 0 Å². The van der Waals surface area contributed by atoms with E-state index in [-0.39, 0.29) is 0 Å². The lowest BCUT2D eigenvalue weighted by Crippen LogP contribution is -2.51. The van der Waals surface area contributed by atoms with Crippen LogP contribution in [0, 0.1) is 0 Å². The Hall–Kier alpha value is 0.597. The molecule has 0 spiro atoms. The second-order valence-electron chi connectivity index (χ2n) is 4.03. The molecule has 20 heavy (non-hydrogen) atoms. The standard InChI is InChI=1S/C12H26Cl2O5Si/c1-5-15-9(3)17-12(19-20,11(14)7-8-13)18-10(4)16-6-2/h9-11H,5-8H2,1-4,20H3. The summed E-state index contributed by atoms with van der Waals surface area (Å²) in [6.45, 7) is 8.31. The second kappa shape index (κ2) is 11.2. The summed E-state index contributed by atoms with van der Waals surface area (Å²) in [4.78, 5) is 0. The molecule has 0 aliphatic rings. The van der Waals surface area contributed by atoms with Crippen molar-refractivity contribution >= 4 is 33.7 Å². The Labute approximate surface area is 134 Å². The first-order valence-electron chi connectivity index (χ1n) is 6.79. The van der Waals surface area contributed by atoms with E-state index in [0.717, 1.165) is 0 Å². The summed E-state index contributed by atoms with van der Waals surface area (Å²) in [5, 5.41) is -0.566. The first kappa shape index (κ1) is 20.6. The second-order valence-corrected chi connectivity index (χ2v) is 5.35. The Kier molecular flexibility index (Phi) is 11.5. The highest BCUT2D eigenvalue weighted by atomic mass is 35.5. The minimum absolute atomic E-state index is 0.375. The maximum Gasteiger partial charge on any atom is 0.294 e. The third-order valence-corrected chi connectivity index (χ3v) is 3.77. The van der Waals surface area contributed by atoms with Gasteiger partial charge in [-0.1, -0.05) is 0 Å². The van der Waals surface area contributed by atoms with Gasteiger partial charge in [-0.2, -0.15) is 0 Å². The van der Waals surface area contributed by atoms with Gasteiger partial charge in [0.25, 0.3) is 5.97 Å². The summed E-state index contributed by atoms with van der Waals surface area (Å²) in [5.74, 6) is -1.04. The molecule has 0 rings (SSSR count). The van der Waals surface area contributed by atoms with Gasteiger partial charge in [-0.25, -0.2) is 0 Å². The summed E-state index contributed by atoms with van der Waals surface area (Å²) < 4.78 is 27.8. The smallest absolute Gasteiger partial charge is 0.294 e. The number of alkyl halides is 2. The van der Waals surface area contributed by atoms with Crippen LogP contribution in [0.5, 0.6) is 0 Å². The van der Waals surface area contributed by atoms with Crippen LogP contribution < -0.4 is 0 Å². The van der Waals surface area contributed by atoms with Crippen LogP contribution >= 0.6 is 23.2 Å². The van der Waals surface area contributed by atoms with Crippen LogP contribution in [0.2, 0.25) is 0 Å². The van der Waals surface area contributed by atoms with Crippen molar-refractivity contribution in [1.29, 1.82) is 0 Å². The van der Waals surface area contributed by atoms with Gasteiger partial charge in [0.15, 0.2) is 23.1 Å². The molecule has 0 aromatic heterocycles. The van der Waals surface area contributed by atoms with Gasteiger partial charge in [-0.15, -0.1) is 23.2 Å². The Morgan fingerprint density at radius 3 is 1.80 bits per heavy atom. The van der Waals surface area contributed by atoms with Gasteiger partial charge in [0.05, 0.1) is 0 Å². The monoisotopic (exact) mass is 348 g/mol. The SMILES string of the molecule is CCOC(C)OC(O[SiH3])(OC(C)OCC)C(Cl)CCCl. The zero-order valence-corrected chi connectivity index (χ0v) is 16.4. The average molecular weight is 349 g/mol. The summed E-state index contributed by atoms with van der Waals surface area (Å²) in [6.07, 6.45) is -0.554. The van der Waals surface area contributed by atoms with Crippen LogP contribution in [0.4, 0.5) is 0 Å².